The Morgan fingerprint density at radius 2 is 2.00 bits per heavy atom. The third kappa shape index (κ3) is 2.82. The van der Waals surface area contributed by atoms with E-state index in [2.05, 4.69) is 43.2 Å². The zero-order valence-electron chi connectivity index (χ0n) is 10.5. The second-order valence-corrected chi connectivity index (χ2v) is 4.38. The van der Waals surface area contributed by atoms with Crippen molar-refractivity contribution in [3.63, 3.8) is 0 Å². The molecule has 0 saturated carbocycles. The van der Waals surface area contributed by atoms with E-state index in [0.29, 0.717) is 0 Å². The minimum atomic E-state index is 0. The van der Waals surface area contributed by atoms with Crippen molar-refractivity contribution < 1.29 is 0 Å². The molecular formula is C14H21ClN2. The summed E-state index contributed by atoms with van der Waals surface area (Å²) in [4.78, 5) is 3.38. The first-order valence-electron chi connectivity index (χ1n) is 6.09. The Morgan fingerprint density at radius 1 is 1.24 bits per heavy atom. The van der Waals surface area contributed by atoms with Gasteiger partial charge in [0.15, 0.2) is 0 Å². The summed E-state index contributed by atoms with van der Waals surface area (Å²) < 4.78 is 0. The number of para-hydroxylation sites is 1. The van der Waals surface area contributed by atoms with Gasteiger partial charge in [-0.15, -0.1) is 12.4 Å². The number of aromatic amines is 1. The monoisotopic (exact) mass is 252 g/mol. The molecule has 2 aromatic rings. The van der Waals surface area contributed by atoms with E-state index in [0.717, 1.165) is 19.3 Å². The average molecular weight is 253 g/mol. The predicted molar refractivity (Wildman–Crippen MR) is 76.9 cm³/mol. The molecule has 94 valence electrons. The molecule has 0 amide bonds. The van der Waals surface area contributed by atoms with E-state index < -0.39 is 0 Å². The number of rotatable bonds is 4. The lowest BCUT2D eigenvalue weighted by Gasteiger charge is -2.07. The number of benzene rings is 1. The Morgan fingerprint density at radius 3 is 2.65 bits per heavy atom. The summed E-state index contributed by atoms with van der Waals surface area (Å²) in [6, 6.07) is 6.77. The molecule has 2 rings (SSSR count). The number of hydrogen-bond donors (Lipinski definition) is 2. The van der Waals surface area contributed by atoms with Gasteiger partial charge in [-0.05, 0) is 30.4 Å². The SMILES string of the molecule is CCc1cccc2c(CC(N)CC)c[nH]c12.Cl. The van der Waals surface area contributed by atoms with Crippen LogP contribution in [-0.4, -0.2) is 11.0 Å². The second kappa shape index (κ2) is 6.08. The van der Waals surface area contributed by atoms with Crippen LogP contribution >= 0.6 is 12.4 Å². The van der Waals surface area contributed by atoms with Gasteiger partial charge in [-0.1, -0.05) is 32.0 Å². The quantitative estimate of drug-likeness (QED) is 0.860. The molecular weight excluding hydrogens is 232 g/mol. The van der Waals surface area contributed by atoms with Gasteiger partial charge in [0.1, 0.15) is 0 Å². The van der Waals surface area contributed by atoms with Gasteiger partial charge >= 0.3 is 0 Å². The molecule has 3 heteroatoms. The Labute approximate surface area is 109 Å². The number of halogens is 1. The Hall–Kier alpha value is -0.990. The minimum absolute atomic E-state index is 0. The predicted octanol–water partition coefficient (Wildman–Crippen LogP) is 3.43. The molecule has 0 spiro atoms. The maximum atomic E-state index is 6.01. The third-order valence-corrected chi connectivity index (χ3v) is 3.27. The molecule has 2 nitrogen and oxygen atoms in total. The first-order chi connectivity index (χ1) is 7.76. The van der Waals surface area contributed by atoms with E-state index in [-0.39, 0.29) is 18.4 Å². The number of nitrogens with two attached hydrogens (primary N) is 1. The first-order valence-corrected chi connectivity index (χ1v) is 6.09. The molecule has 0 fully saturated rings. The molecule has 0 aliphatic rings. The van der Waals surface area contributed by atoms with E-state index in [1.165, 1.54) is 22.0 Å². The van der Waals surface area contributed by atoms with Crippen LogP contribution in [0.5, 0.6) is 0 Å². The van der Waals surface area contributed by atoms with E-state index >= 15 is 0 Å². The van der Waals surface area contributed by atoms with Gasteiger partial charge in [0, 0.05) is 23.1 Å². The van der Waals surface area contributed by atoms with Crippen LogP contribution in [0.2, 0.25) is 0 Å². The van der Waals surface area contributed by atoms with Gasteiger partial charge in [-0.25, -0.2) is 0 Å². The van der Waals surface area contributed by atoms with Crippen LogP contribution in [0.4, 0.5) is 0 Å². The number of nitrogens with one attached hydrogen (secondary N) is 1. The molecule has 1 heterocycles. The molecule has 0 aliphatic heterocycles. The molecule has 17 heavy (non-hydrogen) atoms. The van der Waals surface area contributed by atoms with Crippen molar-refractivity contribution in [3.05, 3.63) is 35.5 Å². The molecule has 0 bridgehead atoms. The van der Waals surface area contributed by atoms with E-state index in [9.17, 15) is 0 Å². The zero-order valence-corrected chi connectivity index (χ0v) is 11.3. The Bertz CT molecular complexity index is 476. The lowest BCUT2D eigenvalue weighted by atomic mass is 10.0. The Balaban J connectivity index is 0.00000144. The maximum Gasteiger partial charge on any atom is 0.0489 e. The van der Waals surface area contributed by atoms with E-state index in [1.54, 1.807) is 0 Å². The summed E-state index contributed by atoms with van der Waals surface area (Å²) >= 11 is 0. The molecule has 1 aromatic heterocycles. The molecule has 3 N–H and O–H groups in total. The van der Waals surface area contributed by atoms with Crippen LogP contribution in [0, 0.1) is 0 Å². The van der Waals surface area contributed by atoms with Crippen LogP contribution in [0.3, 0.4) is 0 Å². The normalized spacial score (nSPS) is 12.4. The van der Waals surface area contributed by atoms with Gasteiger partial charge < -0.3 is 10.7 Å². The fourth-order valence-corrected chi connectivity index (χ4v) is 2.17. The smallest absolute Gasteiger partial charge is 0.0489 e. The van der Waals surface area contributed by atoms with Gasteiger partial charge in [-0.2, -0.15) is 0 Å². The van der Waals surface area contributed by atoms with E-state index in [4.69, 9.17) is 5.73 Å². The summed E-state index contributed by atoms with van der Waals surface area (Å²) in [6.45, 7) is 4.32. The number of aromatic nitrogens is 1. The van der Waals surface area contributed by atoms with Gasteiger partial charge in [-0.3, -0.25) is 0 Å². The highest BCUT2D eigenvalue weighted by Gasteiger charge is 2.08. The standard InChI is InChI=1S/C14H20N2.ClH/c1-3-10-6-5-7-13-11(8-12(15)4-2)9-16-14(10)13;/h5-7,9,12,16H,3-4,8,15H2,1-2H3;1H. The average Bonchev–Trinajstić information content (AvgIpc) is 2.72. The second-order valence-electron chi connectivity index (χ2n) is 4.38. The van der Waals surface area contributed by atoms with Crippen LogP contribution in [-0.2, 0) is 12.8 Å². The molecule has 1 atom stereocenters. The van der Waals surface area contributed by atoms with Crippen molar-refractivity contribution >= 4 is 23.3 Å². The summed E-state index contributed by atoms with van der Waals surface area (Å²) in [5.74, 6) is 0. The van der Waals surface area contributed by atoms with Crippen molar-refractivity contribution in [1.29, 1.82) is 0 Å². The lowest BCUT2D eigenvalue weighted by Crippen LogP contribution is -2.21. The van der Waals surface area contributed by atoms with Crippen molar-refractivity contribution in [3.8, 4) is 0 Å². The molecule has 0 aliphatic carbocycles. The van der Waals surface area contributed by atoms with Crippen LogP contribution in [0.1, 0.15) is 31.4 Å². The van der Waals surface area contributed by atoms with Crippen molar-refractivity contribution in [2.24, 2.45) is 5.73 Å². The molecule has 0 radical (unpaired) electrons. The summed E-state index contributed by atoms with van der Waals surface area (Å²) in [5.41, 5.74) is 10.0. The van der Waals surface area contributed by atoms with Gasteiger partial charge in [0.2, 0.25) is 0 Å². The van der Waals surface area contributed by atoms with Crippen molar-refractivity contribution in [2.45, 2.75) is 39.2 Å². The van der Waals surface area contributed by atoms with E-state index in [1.807, 2.05) is 0 Å². The highest BCUT2D eigenvalue weighted by Crippen LogP contribution is 2.23. The number of fused-ring (bicyclic) bond motifs is 1. The number of aryl methyl sites for hydroxylation is 1. The molecule has 1 unspecified atom stereocenters. The van der Waals surface area contributed by atoms with Crippen molar-refractivity contribution in [1.82, 2.24) is 4.98 Å². The topological polar surface area (TPSA) is 41.8 Å². The highest BCUT2D eigenvalue weighted by atomic mass is 35.5. The number of hydrogen-bond acceptors (Lipinski definition) is 1. The molecule has 1 aromatic carbocycles. The number of H-pyrrole nitrogens is 1. The highest BCUT2D eigenvalue weighted by molar-refractivity contribution is 5.86. The van der Waals surface area contributed by atoms with Crippen molar-refractivity contribution in [2.75, 3.05) is 0 Å². The van der Waals surface area contributed by atoms with Crippen LogP contribution in [0.25, 0.3) is 10.9 Å². The molecule has 0 saturated heterocycles. The van der Waals surface area contributed by atoms with Crippen LogP contribution in [0.15, 0.2) is 24.4 Å². The summed E-state index contributed by atoms with van der Waals surface area (Å²) in [6.07, 6.45) is 5.17. The Kier molecular flexibility index (Phi) is 5.03. The fourth-order valence-electron chi connectivity index (χ4n) is 2.17. The first kappa shape index (κ1) is 14.1. The lowest BCUT2D eigenvalue weighted by molar-refractivity contribution is 0.648. The maximum absolute atomic E-state index is 6.01. The summed E-state index contributed by atoms with van der Waals surface area (Å²) in [5, 5.41) is 1.34. The largest absolute Gasteiger partial charge is 0.361 e. The van der Waals surface area contributed by atoms with Crippen LogP contribution < -0.4 is 5.73 Å². The third-order valence-electron chi connectivity index (χ3n) is 3.27. The summed E-state index contributed by atoms with van der Waals surface area (Å²) in [7, 11) is 0. The zero-order chi connectivity index (χ0) is 11.5. The van der Waals surface area contributed by atoms with Gasteiger partial charge in [0.05, 0.1) is 0 Å². The fraction of sp³-hybridized carbons (Fsp3) is 0.429. The minimum Gasteiger partial charge on any atom is -0.361 e. The van der Waals surface area contributed by atoms with Gasteiger partial charge in [0.25, 0.3) is 0 Å².